The third-order valence-electron chi connectivity index (χ3n) is 2.22. The number of carbonyl (C=O) groups excluding carboxylic acids is 1. The first-order valence-electron chi connectivity index (χ1n) is 4.93. The molecule has 1 rings (SSSR count). The minimum absolute atomic E-state index is 0.192. The van der Waals surface area contributed by atoms with Crippen LogP contribution in [0.2, 0.25) is 0 Å². The summed E-state index contributed by atoms with van der Waals surface area (Å²) >= 11 is 0. The molecular weight excluding hydrogens is 224 g/mol. The lowest BCUT2D eigenvalue weighted by atomic mass is 10.1. The maximum atomic E-state index is 11.7. The van der Waals surface area contributed by atoms with Gasteiger partial charge in [0.05, 0.1) is 12.7 Å². The molecule has 1 atom stereocenters. The van der Waals surface area contributed by atoms with E-state index >= 15 is 0 Å². The Kier molecular flexibility index (Phi) is 3.92. The number of amides is 1. The number of methoxy groups -OCH3 is 1. The third-order valence-corrected chi connectivity index (χ3v) is 2.22. The van der Waals surface area contributed by atoms with Crippen molar-refractivity contribution in [1.29, 1.82) is 0 Å². The SMILES string of the molecule is COc1ccc(N)c(C(=O)N[C@H](C)C(=O)O)c1. The van der Waals surface area contributed by atoms with Gasteiger partial charge in [0.15, 0.2) is 0 Å². The van der Waals surface area contributed by atoms with Crippen LogP contribution in [0.15, 0.2) is 18.2 Å². The van der Waals surface area contributed by atoms with E-state index in [1.807, 2.05) is 0 Å². The molecule has 0 saturated carbocycles. The summed E-state index contributed by atoms with van der Waals surface area (Å²) < 4.78 is 4.96. The summed E-state index contributed by atoms with van der Waals surface area (Å²) in [5.74, 6) is -1.18. The van der Waals surface area contributed by atoms with Crippen molar-refractivity contribution >= 4 is 17.6 Å². The van der Waals surface area contributed by atoms with E-state index in [0.717, 1.165) is 0 Å². The molecule has 0 bridgehead atoms. The molecule has 1 aromatic carbocycles. The van der Waals surface area contributed by atoms with Crippen molar-refractivity contribution in [3.63, 3.8) is 0 Å². The highest BCUT2D eigenvalue weighted by atomic mass is 16.5. The number of nitrogens with one attached hydrogen (secondary N) is 1. The van der Waals surface area contributed by atoms with E-state index in [0.29, 0.717) is 5.75 Å². The van der Waals surface area contributed by atoms with Gasteiger partial charge in [0.25, 0.3) is 5.91 Å². The van der Waals surface area contributed by atoms with Gasteiger partial charge in [0.1, 0.15) is 11.8 Å². The molecule has 0 unspecified atom stereocenters. The Morgan fingerprint density at radius 3 is 2.65 bits per heavy atom. The smallest absolute Gasteiger partial charge is 0.325 e. The van der Waals surface area contributed by atoms with Gasteiger partial charge < -0.3 is 20.9 Å². The van der Waals surface area contributed by atoms with Crippen molar-refractivity contribution in [2.75, 3.05) is 12.8 Å². The second-order valence-electron chi connectivity index (χ2n) is 3.49. The molecule has 0 radical (unpaired) electrons. The van der Waals surface area contributed by atoms with E-state index in [1.54, 1.807) is 6.07 Å². The van der Waals surface area contributed by atoms with E-state index in [2.05, 4.69) is 5.32 Å². The highest BCUT2D eigenvalue weighted by molar-refractivity contribution is 6.01. The Morgan fingerprint density at radius 1 is 1.47 bits per heavy atom. The standard InChI is InChI=1S/C11H14N2O4/c1-6(11(15)16)13-10(14)8-5-7(17-2)3-4-9(8)12/h3-6H,12H2,1-2H3,(H,13,14)(H,15,16)/t6-/m1/s1. The highest BCUT2D eigenvalue weighted by Crippen LogP contribution is 2.19. The van der Waals surface area contributed by atoms with Gasteiger partial charge in [-0.25, -0.2) is 0 Å². The highest BCUT2D eigenvalue weighted by Gasteiger charge is 2.17. The zero-order chi connectivity index (χ0) is 13.0. The first kappa shape index (κ1) is 12.8. The molecule has 0 aliphatic carbocycles. The molecule has 0 heterocycles. The van der Waals surface area contributed by atoms with Crippen LogP contribution in [0.25, 0.3) is 0 Å². The van der Waals surface area contributed by atoms with Gasteiger partial charge in [-0.15, -0.1) is 0 Å². The second-order valence-corrected chi connectivity index (χ2v) is 3.49. The van der Waals surface area contributed by atoms with E-state index in [1.165, 1.54) is 26.2 Å². The van der Waals surface area contributed by atoms with E-state index in [9.17, 15) is 9.59 Å². The molecule has 0 aromatic heterocycles. The number of carboxylic acids is 1. The summed E-state index contributed by atoms with van der Waals surface area (Å²) in [6.07, 6.45) is 0. The maximum Gasteiger partial charge on any atom is 0.325 e. The molecule has 17 heavy (non-hydrogen) atoms. The van der Waals surface area contributed by atoms with Gasteiger partial charge >= 0.3 is 5.97 Å². The summed E-state index contributed by atoms with van der Waals surface area (Å²) in [4.78, 5) is 22.3. The minimum Gasteiger partial charge on any atom is -0.497 e. The largest absolute Gasteiger partial charge is 0.497 e. The van der Waals surface area contributed by atoms with E-state index in [-0.39, 0.29) is 11.3 Å². The Bertz CT molecular complexity index is 445. The fraction of sp³-hybridized carbons (Fsp3) is 0.273. The van der Waals surface area contributed by atoms with Crippen LogP contribution in [0.1, 0.15) is 17.3 Å². The third kappa shape index (κ3) is 3.10. The molecule has 6 nitrogen and oxygen atoms in total. The van der Waals surface area contributed by atoms with Gasteiger partial charge in [-0.2, -0.15) is 0 Å². The van der Waals surface area contributed by atoms with Crippen LogP contribution in [0.4, 0.5) is 5.69 Å². The van der Waals surface area contributed by atoms with Crippen molar-refractivity contribution in [2.45, 2.75) is 13.0 Å². The monoisotopic (exact) mass is 238 g/mol. The number of hydrogen-bond donors (Lipinski definition) is 3. The fourth-order valence-electron chi connectivity index (χ4n) is 1.20. The van der Waals surface area contributed by atoms with Crippen LogP contribution in [0.5, 0.6) is 5.75 Å². The summed E-state index contributed by atoms with van der Waals surface area (Å²) in [5, 5.41) is 11.0. The van der Waals surface area contributed by atoms with Gasteiger partial charge in [-0.1, -0.05) is 0 Å². The van der Waals surface area contributed by atoms with Crippen LogP contribution in [-0.2, 0) is 4.79 Å². The second kappa shape index (κ2) is 5.20. The summed E-state index contributed by atoms with van der Waals surface area (Å²) in [7, 11) is 1.47. The van der Waals surface area contributed by atoms with Crippen LogP contribution in [0, 0.1) is 0 Å². The van der Waals surface area contributed by atoms with Crippen molar-refractivity contribution in [1.82, 2.24) is 5.32 Å². The molecule has 0 fully saturated rings. The quantitative estimate of drug-likeness (QED) is 0.662. The van der Waals surface area contributed by atoms with Gasteiger partial charge in [0, 0.05) is 5.69 Å². The Morgan fingerprint density at radius 2 is 2.12 bits per heavy atom. The Hall–Kier alpha value is -2.24. The molecule has 0 aliphatic rings. The number of carbonyl (C=O) groups is 2. The number of rotatable bonds is 4. The number of nitrogen functional groups attached to an aromatic ring is 1. The molecule has 1 amide bonds. The molecule has 0 aliphatic heterocycles. The molecule has 1 aromatic rings. The average molecular weight is 238 g/mol. The molecule has 6 heteroatoms. The summed E-state index contributed by atoms with van der Waals surface area (Å²) in [6, 6.07) is 3.62. The van der Waals surface area contributed by atoms with Crippen molar-refractivity contribution < 1.29 is 19.4 Å². The van der Waals surface area contributed by atoms with Gasteiger partial charge in [-0.05, 0) is 25.1 Å². The molecule has 0 spiro atoms. The number of nitrogens with two attached hydrogens (primary N) is 1. The van der Waals surface area contributed by atoms with Gasteiger partial charge in [0.2, 0.25) is 0 Å². The molecule has 0 saturated heterocycles. The topological polar surface area (TPSA) is 102 Å². The number of benzene rings is 1. The first-order valence-corrected chi connectivity index (χ1v) is 4.93. The maximum absolute atomic E-state index is 11.7. The van der Waals surface area contributed by atoms with Crippen LogP contribution < -0.4 is 15.8 Å². The lowest BCUT2D eigenvalue weighted by Gasteiger charge is -2.11. The molecule has 92 valence electrons. The predicted octanol–water partition coefficient (Wildman–Crippen LogP) is 0.480. The van der Waals surface area contributed by atoms with Crippen LogP contribution in [0.3, 0.4) is 0 Å². The van der Waals surface area contributed by atoms with Crippen molar-refractivity contribution in [3.8, 4) is 5.75 Å². The number of ether oxygens (including phenoxy) is 1. The lowest BCUT2D eigenvalue weighted by Crippen LogP contribution is -2.38. The van der Waals surface area contributed by atoms with E-state index in [4.69, 9.17) is 15.6 Å². The number of hydrogen-bond acceptors (Lipinski definition) is 4. The molecular formula is C11H14N2O4. The normalized spacial score (nSPS) is 11.6. The van der Waals surface area contributed by atoms with Crippen LogP contribution >= 0.6 is 0 Å². The average Bonchev–Trinajstić information content (AvgIpc) is 2.29. The zero-order valence-electron chi connectivity index (χ0n) is 9.56. The Balaban J connectivity index is 2.91. The summed E-state index contributed by atoms with van der Waals surface area (Å²) in [6.45, 7) is 1.37. The predicted molar refractivity (Wildman–Crippen MR) is 62.0 cm³/mol. The first-order chi connectivity index (χ1) is 7.95. The number of aliphatic carboxylic acids is 1. The molecule has 4 N–H and O–H groups in total. The minimum atomic E-state index is -1.11. The van der Waals surface area contributed by atoms with Crippen molar-refractivity contribution in [2.24, 2.45) is 0 Å². The van der Waals surface area contributed by atoms with Crippen LogP contribution in [-0.4, -0.2) is 30.1 Å². The lowest BCUT2D eigenvalue weighted by molar-refractivity contribution is -0.138. The summed E-state index contributed by atoms with van der Waals surface area (Å²) in [5.41, 5.74) is 6.09. The number of carboxylic acid groups (broad SMARTS) is 1. The van der Waals surface area contributed by atoms with Gasteiger partial charge in [-0.3, -0.25) is 9.59 Å². The zero-order valence-corrected chi connectivity index (χ0v) is 9.56. The Labute approximate surface area is 98.4 Å². The fourth-order valence-corrected chi connectivity index (χ4v) is 1.20. The number of anilines is 1. The van der Waals surface area contributed by atoms with E-state index < -0.39 is 17.9 Å². The van der Waals surface area contributed by atoms with Crippen molar-refractivity contribution in [3.05, 3.63) is 23.8 Å².